The molecular formula is C24H28N2O8S. The first-order chi connectivity index (χ1) is 16.8. The molecule has 11 heteroatoms. The lowest BCUT2D eigenvalue weighted by atomic mass is 10.2. The van der Waals surface area contributed by atoms with Crippen LogP contribution in [0.3, 0.4) is 0 Å². The molecule has 1 saturated heterocycles. The number of carbonyl (C=O) groups is 2. The van der Waals surface area contributed by atoms with Crippen molar-refractivity contribution in [3.8, 4) is 11.5 Å². The van der Waals surface area contributed by atoms with Crippen molar-refractivity contribution in [2.45, 2.75) is 11.4 Å². The summed E-state index contributed by atoms with van der Waals surface area (Å²) in [5.74, 6) is -0.378. The smallest absolute Gasteiger partial charge is 0.331 e. The highest BCUT2D eigenvalue weighted by Crippen LogP contribution is 2.29. The SMILES string of the molecule is COc1ccccc1CNC(=O)COC(=O)/C=C/c1ccc(OC)c(S(=O)(=O)N2CCOCC2)c1. The number of ether oxygens (including phenoxy) is 4. The zero-order chi connectivity index (χ0) is 25.3. The molecule has 3 rings (SSSR count). The van der Waals surface area contributed by atoms with E-state index in [1.165, 1.54) is 29.6 Å². The molecule has 1 aliphatic heterocycles. The number of carbonyl (C=O) groups excluding carboxylic acids is 2. The van der Waals surface area contributed by atoms with E-state index >= 15 is 0 Å². The van der Waals surface area contributed by atoms with Crippen molar-refractivity contribution in [1.82, 2.24) is 9.62 Å². The summed E-state index contributed by atoms with van der Waals surface area (Å²) >= 11 is 0. The molecule has 188 valence electrons. The summed E-state index contributed by atoms with van der Waals surface area (Å²) in [6.07, 6.45) is 2.54. The molecule has 35 heavy (non-hydrogen) atoms. The Bertz CT molecular complexity index is 1170. The largest absolute Gasteiger partial charge is 0.496 e. The van der Waals surface area contributed by atoms with Gasteiger partial charge in [0.15, 0.2) is 6.61 Å². The highest BCUT2D eigenvalue weighted by Gasteiger charge is 2.29. The first kappa shape index (κ1) is 26.2. The molecule has 2 aromatic rings. The van der Waals surface area contributed by atoms with Crippen LogP contribution in [0, 0.1) is 0 Å². The Morgan fingerprint density at radius 3 is 2.49 bits per heavy atom. The van der Waals surface area contributed by atoms with Crippen LogP contribution >= 0.6 is 0 Å². The van der Waals surface area contributed by atoms with E-state index in [9.17, 15) is 18.0 Å². The third kappa shape index (κ3) is 7.04. The van der Waals surface area contributed by atoms with Gasteiger partial charge in [-0.25, -0.2) is 13.2 Å². The molecule has 1 N–H and O–H groups in total. The fourth-order valence-electron chi connectivity index (χ4n) is 3.37. The monoisotopic (exact) mass is 504 g/mol. The Balaban J connectivity index is 1.58. The third-order valence-corrected chi connectivity index (χ3v) is 7.12. The summed E-state index contributed by atoms with van der Waals surface area (Å²) in [5.41, 5.74) is 1.24. The van der Waals surface area contributed by atoms with Crippen LogP contribution in [0.1, 0.15) is 11.1 Å². The number of nitrogens with zero attached hydrogens (tertiary/aromatic N) is 1. The zero-order valence-corrected chi connectivity index (χ0v) is 20.4. The van der Waals surface area contributed by atoms with Crippen molar-refractivity contribution < 1.29 is 37.0 Å². The summed E-state index contributed by atoms with van der Waals surface area (Å²) in [6, 6.07) is 11.8. The number of benzene rings is 2. The van der Waals surface area contributed by atoms with Gasteiger partial charge in [0, 0.05) is 31.3 Å². The van der Waals surface area contributed by atoms with Gasteiger partial charge in [0.05, 0.1) is 27.4 Å². The maximum Gasteiger partial charge on any atom is 0.331 e. The molecule has 10 nitrogen and oxygen atoms in total. The number of para-hydroxylation sites is 1. The van der Waals surface area contributed by atoms with Crippen LogP contribution in [0.4, 0.5) is 0 Å². The highest BCUT2D eigenvalue weighted by molar-refractivity contribution is 7.89. The summed E-state index contributed by atoms with van der Waals surface area (Å²) in [6.45, 7) is 0.896. The van der Waals surface area contributed by atoms with Gasteiger partial charge in [-0.1, -0.05) is 24.3 Å². The Kier molecular flexibility index (Phi) is 9.24. The molecule has 0 spiro atoms. The van der Waals surface area contributed by atoms with E-state index in [1.807, 2.05) is 18.2 Å². The minimum Gasteiger partial charge on any atom is -0.496 e. The number of esters is 1. The van der Waals surface area contributed by atoms with Crippen molar-refractivity contribution in [1.29, 1.82) is 0 Å². The van der Waals surface area contributed by atoms with E-state index in [1.54, 1.807) is 19.2 Å². The first-order valence-electron chi connectivity index (χ1n) is 10.8. The van der Waals surface area contributed by atoms with Gasteiger partial charge in [0.25, 0.3) is 5.91 Å². The van der Waals surface area contributed by atoms with Crippen LogP contribution < -0.4 is 14.8 Å². The second kappa shape index (κ2) is 12.3. The molecule has 0 unspecified atom stereocenters. The Morgan fingerprint density at radius 2 is 1.77 bits per heavy atom. The molecule has 0 atom stereocenters. The van der Waals surface area contributed by atoms with Crippen molar-refractivity contribution >= 4 is 28.0 Å². The van der Waals surface area contributed by atoms with Gasteiger partial charge >= 0.3 is 5.97 Å². The quantitative estimate of drug-likeness (QED) is 0.383. The number of hydrogen-bond acceptors (Lipinski definition) is 8. The van der Waals surface area contributed by atoms with E-state index < -0.39 is 28.5 Å². The van der Waals surface area contributed by atoms with E-state index in [0.717, 1.165) is 11.6 Å². The van der Waals surface area contributed by atoms with Crippen LogP contribution in [0.15, 0.2) is 53.4 Å². The lowest BCUT2D eigenvalue weighted by Crippen LogP contribution is -2.40. The van der Waals surface area contributed by atoms with Gasteiger partial charge in [-0.2, -0.15) is 4.31 Å². The van der Waals surface area contributed by atoms with Crippen LogP contribution in [0.5, 0.6) is 11.5 Å². The predicted octanol–water partition coefficient (Wildman–Crippen LogP) is 1.60. The number of amides is 1. The molecule has 2 aromatic carbocycles. The maximum atomic E-state index is 13.1. The normalized spacial score (nSPS) is 14.5. The highest BCUT2D eigenvalue weighted by atomic mass is 32.2. The lowest BCUT2D eigenvalue weighted by Gasteiger charge is -2.26. The van der Waals surface area contributed by atoms with Crippen molar-refractivity contribution in [2.75, 3.05) is 47.1 Å². The van der Waals surface area contributed by atoms with Crippen LogP contribution in [-0.4, -0.2) is 71.7 Å². The summed E-state index contributed by atoms with van der Waals surface area (Å²) in [7, 11) is -0.877. The lowest BCUT2D eigenvalue weighted by molar-refractivity contribution is -0.143. The van der Waals surface area contributed by atoms with Gasteiger partial charge < -0.3 is 24.3 Å². The zero-order valence-electron chi connectivity index (χ0n) is 19.6. The van der Waals surface area contributed by atoms with Gasteiger partial charge in [0.1, 0.15) is 16.4 Å². The van der Waals surface area contributed by atoms with Crippen molar-refractivity contribution in [3.05, 3.63) is 59.7 Å². The molecule has 0 bridgehead atoms. The Hall–Kier alpha value is -3.41. The van der Waals surface area contributed by atoms with Gasteiger partial charge in [-0.15, -0.1) is 0 Å². The average Bonchev–Trinajstić information content (AvgIpc) is 2.89. The number of hydrogen-bond donors (Lipinski definition) is 1. The first-order valence-corrected chi connectivity index (χ1v) is 12.3. The van der Waals surface area contributed by atoms with Gasteiger partial charge in [0.2, 0.25) is 10.0 Å². The molecule has 1 fully saturated rings. The topological polar surface area (TPSA) is 120 Å². The van der Waals surface area contributed by atoms with Gasteiger partial charge in [-0.05, 0) is 29.8 Å². The van der Waals surface area contributed by atoms with E-state index in [4.69, 9.17) is 18.9 Å². The summed E-state index contributed by atoms with van der Waals surface area (Å²) < 4.78 is 48.1. The number of methoxy groups -OCH3 is 2. The average molecular weight is 505 g/mol. The minimum atomic E-state index is -3.81. The molecule has 0 radical (unpaired) electrons. The number of nitrogens with one attached hydrogen (secondary N) is 1. The second-order valence-corrected chi connectivity index (χ2v) is 9.36. The molecule has 0 aromatic heterocycles. The number of rotatable bonds is 10. The standard InChI is InChI=1S/C24H28N2O8S/c1-31-20-6-4-3-5-19(20)16-25-23(27)17-34-24(28)10-8-18-7-9-21(32-2)22(15-18)35(29,30)26-11-13-33-14-12-26/h3-10,15H,11-14,16-17H2,1-2H3,(H,25,27)/b10-8+. The predicted molar refractivity (Wildman–Crippen MR) is 127 cm³/mol. The van der Waals surface area contributed by atoms with Crippen molar-refractivity contribution in [2.24, 2.45) is 0 Å². The maximum absolute atomic E-state index is 13.1. The second-order valence-electron chi connectivity index (χ2n) is 7.46. The number of sulfonamides is 1. The summed E-state index contributed by atoms with van der Waals surface area (Å²) in [5, 5.41) is 2.66. The van der Waals surface area contributed by atoms with Crippen molar-refractivity contribution in [3.63, 3.8) is 0 Å². The number of morpholine rings is 1. The van der Waals surface area contributed by atoms with Crippen LogP contribution in [0.2, 0.25) is 0 Å². The molecule has 1 aliphatic rings. The molecule has 0 saturated carbocycles. The van der Waals surface area contributed by atoms with Gasteiger partial charge in [-0.3, -0.25) is 4.79 Å². The molecule has 1 heterocycles. The third-order valence-electron chi connectivity index (χ3n) is 5.20. The fourth-order valence-corrected chi connectivity index (χ4v) is 4.97. The van der Waals surface area contributed by atoms with E-state index in [2.05, 4.69) is 5.32 Å². The van der Waals surface area contributed by atoms with Crippen LogP contribution in [0.25, 0.3) is 6.08 Å². The Morgan fingerprint density at radius 1 is 1.06 bits per heavy atom. The Labute approximate surface area is 204 Å². The molecular weight excluding hydrogens is 476 g/mol. The van der Waals surface area contributed by atoms with E-state index in [-0.39, 0.29) is 30.3 Å². The fraction of sp³-hybridized carbons (Fsp3) is 0.333. The summed E-state index contributed by atoms with van der Waals surface area (Å²) in [4.78, 5) is 24.1. The minimum absolute atomic E-state index is 0.00636. The molecule has 1 amide bonds. The molecule has 0 aliphatic carbocycles. The van der Waals surface area contributed by atoms with E-state index in [0.29, 0.717) is 24.5 Å². The van der Waals surface area contributed by atoms with Crippen LogP contribution in [-0.2, 0) is 35.6 Å².